The van der Waals surface area contributed by atoms with Crippen molar-refractivity contribution in [2.24, 2.45) is 5.73 Å². The zero-order chi connectivity index (χ0) is 12.7. The first kappa shape index (κ1) is 14.4. The zero-order valence-corrected chi connectivity index (χ0v) is 11.6. The molecule has 0 saturated heterocycles. The fourth-order valence-corrected chi connectivity index (χ4v) is 2.99. The number of hydrogen-bond acceptors (Lipinski definition) is 2. The van der Waals surface area contributed by atoms with Crippen molar-refractivity contribution in [1.82, 2.24) is 0 Å². The van der Waals surface area contributed by atoms with Gasteiger partial charge in [0.25, 0.3) is 0 Å². The molecular formula is C14H23NOS. The summed E-state index contributed by atoms with van der Waals surface area (Å²) in [7, 11) is -0.782. The van der Waals surface area contributed by atoms with Crippen molar-refractivity contribution in [2.45, 2.75) is 39.2 Å². The number of unbranched alkanes of at least 4 members (excludes halogenated alkanes) is 2. The van der Waals surface area contributed by atoms with Gasteiger partial charge in [-0.1, -0.05) is 49.6 Å². The van der Waals surface area contributed by atoms with Crippen LogP contribution in [-0.4, -0.2) is 15.7 Å². The maximum atomic E-state index is 11.8. The maximum Gasteiger partial charge on any atom is 0.0428 e. The van der Waals surface area contributed by atoms with E-state index >= 15 is 0 Å². The molecule has 1 aromatic carbocycles. The number of rotatable bonds is 7. The van der Waals surface area contributed by atoms with Gasteiger partial charge in [-0.3, -0.25) is 4.21 Å². The van der Waals surface area contributed by atoms with E-state index in [4.69, 9.17) is 5.73 Å². The first-order valence-electron chi connectivity index (χ1n) is 6.30. The molecule has 0 amide bonds. The van der Waals surface area contributed by atoms with E-state index in [1.165, 1.54) is 12.0 Å². The summed E-state index contributed by atoms with van der Waals surface area (Å²) in [4.78, 5) is 0. The standard InChI is InChI=1S/C14H23NOS/c1-3-4-5-10-17(16)11-14(15)13-8-6-12(2)7-9-13/h6-9,14H,3-5,10-11,15H2,1-2H3. The van der Waals surface area contributed by atoms with Crippen LogP contribution in [-0.2, 0) is 10.8 Å². The van der Waals surface area contributed by atoms with Crippen molar-refractivity contribution >= 4 is 10.8 Å². The van der Waals surface area contributed by atoms with Crippen LogP contribution in [0.3, 0.4) is 0 Å². The average molecular weight is 253 g/mol. The molecule has 0 fully saturated rings. The van der Waals surface area contributed by atoms with Gasteiger partial charge in [0.2, 0.25) is 0 Å². The molecule has 0 aromatic heterocycles. The first-order chi connectivity index (χ1) is 8.13. The zero-order valence-electron chi connectivity index (χ0n) is 10.8. The maximum absolute atomic E-state index is 11.8. The van der Waals surface area contributed by atoms with Gasteiger partial charge in [0.15, 0.2) is 0 Å². The lowest BCUT2D eigenvalue weighted by molar-refractivity contribution is 0.668. The summed E-state index contributed by atoms with van der Waals surface area (Å²) < 4.78 is 11.8. The second-order valence-electron chi connectivity index (χ2n) is 4.53. The van der Waals surface area contributed by atoms with Gasteiger partial charge in [0.05, 0.1) is 0 Å². The minimum atomic E-state index is -0.782. The van der Waals surface area contributed by atoms with E-state index in [0.717, 1.165) is 24.2 Å². The predicted molar refractivity (Wildman–Crippen MR) is 75.5 cm³/mol. The number of hydrogen-bond donors (Lipinski definition) is 1. The minimum absolute atomic E-state index is 0.0990. The molecule has 0 aliphatic carbocycles. The Morgan fingerprint density at radius 2 is 1.88 bits per heavy atom. The quantitative estimate of drug-likeness (QED) is 0.759. The third-order valence-electron chi connectivity index (χ3n) is 2.85. The Labute approximate surface area is 107 Å². The third kappa shape index (κ3) is 5.46. The van der Waals surface area contributed by atoms with Crippen LogP contribution in [0.5, 0.6) is 0 Å². The van der Waals surface area contributed by atoms with Crippen LogP contribution < -0.4 is 5.73 Å². The largest absolute Gasteiger partial charge is 0.323 e. The highest BCUT2D eigenvalue weighted by molar-refractivity contribution is 7.85. The molecule has 2 N–H and O–H groups in total. The van der Waals surface area contributed by atoms with Crippen LogP contribution in [0.15, 0.2) is 24.3 Å². The smallest absolute Gasteiger partial charge is 0.0428 e. The Kier molecular flexibility index (Phi) is 6.45. The summed E-state index contributed by atoms with van der Waals surface area (Å²) in [5.41, 5.74) is 8.37. The molecule has 2 unspecified atom stereocenters. The third-order valence-corrected chi connectivity index (χ3v) is 4.32. The van der Waals surface area contributed by atoms with Crippen LogP contribution in [0.25, 0.3) is 0 Å². The fourth-order valence-electron chi connectivity index (χ4n) is 1.71. The molecule has 17 heavy (non-hydrogen) atoms. The van der Waals surface area contributed by atoms with Crippen LogP contribution >= 0.6 is 0 Å². The normalized spacial score (nSPS) is 14.5. The monoisotopic (exact) mass is 253 g/mol. The lowest BCUT2D eigenvalue weighted by Crippen LogP contribution is -2.19. The van der Waals surface area contributed by atoms with Crippen LogP contribution in [0.2, 0.25) is 0 Å². The molecule has 0 radical (unpaired) electrons. The van der Waals surface area contributed by atoms with E-state index < -0.39 is 10.8 Å². The lowest BCUT2D eigenvalue weighted by Gasteiger charge is -2.12. The van der Waals surface area contributed by atoms with Gasteiger partial charge < -0.3 is 5.73 Å². The van der Waals surface area contributed by atoms with Gasteiger partial charge in [0.1, 0.15) is 0 Å². The van der Waals surface area contributed by atoms with Crippen LogP contribution in [0.1, 0.15) is 43.4 Å². The van der Waals surface area contributed by atoms with Crippen molar-refractivity contribution in [1.29, 1.82) is 0 Å². The SMILES string of the molecule is CCCCCS(=O)CC(N)c1ccc(C)cc1. The molecule has 0 aliphatic rings. The van der Waals surface area contributed by atoms with Crippen molar-refractivity contribution in [3.63, 3.8) is 0 Å². The van der Waals surface area contributed by atoms with Crippen molar-refractivity contribution < 1.29 is 4.21 Å². The molecule has 1 rings (SSSR count). The second-order valence-corrected chi connectivity index (χ2v) is 6.16. The van der Waals surface area contributed by atoms with E-state index in [0.29, 0.717) is 5.75 Å². The molecule has 3 heteroatoms. The molecular weight excluding hydrogens is 230 g/mol. The second kappa shape index (κ2) is 7.62. The summed E-state index contributed by atoms with van der Waals surface area (Å²) >= 11 is 0. The Morgan fingerprint density at radius 3 is 2.47 bits per heavy atom. The Hall–Kier alpha value is -0.670. The van der Waals surface area contributed by atoms with E-state index in [1.54, 1.807) is 0 Å². The summed E-state index contributed by atoms with van der Waals surface area (Å²) in [6.07, 6.45) is 3.37. The van der Waals surface area contributed by atoms with E-state index in [9.17, 15) is 4.21 Å². The van der Waals surface area contributed by atoms with E-state index in [1.807, 2.05) is 12.1 Å². The average Bonchev–Trinajstić information content (AvgIpc) is 2.30. The minimum Gasteiger partial charge on any atom is -0.323 e. The van der Waals surface area contributed by atoms with Crippen molar-refractivity contribution in [3.05, 3.63) is 35.4 Å². The molecule has 0 saturated carbocycles. The van der Waals surface area contributed by atoms with E-state index in [2.05, 4.69) is 26.0 Å². The lowest BCUT2D eigenvalue weighted by atomic mass is 10.1. The van der Waals surface area contributed by atoms with Gasteiger partial charge in [-0.15, -0.1) is 0 Å². The van der Waals surface area contributed by atoms with Gasteiger partial charge in [0, 0.05) is 28.3 Å². The number of aryl methyl sites for hydroxylation is 1. The van der Waals surface area contributed by atoms with Gasteiger partial charge in [-0.2, -0.15) is 0 Å². The molecule has 0 aliphatic heterocycles. The highest BCUT2D eigenvalue weighted by atomic mass is 32.2. The topological polar surface area (TPSA) is 43.1 Å². The Bertz CT molecular complexity index is 348. The molecule has 96 valence electrons. The number of nitrogens with two attached hydrogens (primary N) is 1. The van der Waals surface area contributed by atoms with Gasteiger partial charge in [-0.05, 0) is 18.9 Å². The molecule has 2 atom stereocenters. The Balaban J connectivity index is 2.40. The number of benzene rings is 1. The van der Waals surface area contributed by atoms with E-state index in [-0.39, 0.29) is 6.04 Å². The molecule has 1 aromatic rings. The first-order valence-corrected chi connectivity index (χ1v) is 7.79. The summed E-state index contributed by atoms with van der Waals surface area (Å²) in [5, 5.41) is 0. The Morgan fingerprint density at radius 1 is 1.24 bits per heavy atom. The molecule has 0 bridgehead atoms. The molecule has 0 heterocycles. The molecule has 0 spiro atoms. The fraction of sp³-hybridized carbons (Fsp3) is 0.571. The summed E-state index contributed by atoms with van der Waals surface area (Å²) in [5.74, 6) is 1.36. The van der Waals surface area contributed by atoms with Crippen molar-refractivity contribution in [2.75, 3.05) is 11.5 Å². The van der Waals surface area contributed by atoms with Crippen molar-refractivity contribution in [3.8, 4) is 0 Å². The molecule has 2 nitrogen and oxygen atoms in total. The van der Waals surface area contributed by atoms with Crippen LogP contribution in [0, 0.1) is 6.92 Å². The van der Waals surface area contributed by atoms with Gasteiger partial charge in [-0.25, -0.2) is 0 Å². The predicted octanol–water partition coefficient (Wildman–Crippen LogP) is 2.93. The van der Waals surface area contributed by atoms with Crippen LogP contribution in [0.4, 0.5) is 0 Å². The summed E-state index contributed by atoms with van der Waals surface area (Å²) in [6.45, 7) is 4.21. The highest BCUT2D eigenvalue weighted by Gasteiger charge is 2.09. The summed E-state index contributed by atoms with van der Waals surface area (Å²) in [6, 6.07) is 8.06. The van der Waals surface area contributed by atoms with Gasteiger partial charge >= 0.3 is 0 Å². The highest BCUT2D eigenvalue weighted by Crippen LogP contribution is 2.13.